The number of nitrogens with one attached hydrogen (secondary N) is 2. The molecule has 0 atom stereocenters. The van der Waals surface area contributed by atoms with E-state index in [9.17, 15) is 8.42 Å². The van der Waals surface area contributed by atoms with Gasteiger partial charge in [-0.15, -0.1) is 0 Å². The van der Waals surface area contributed by atoms with Crippen LogP contribution in [-0.2, 0) is 10.0 Å². The van der Waals surface area contributed by atoms with E-state index in [4.69, 9.17) is 5.73 Å². The van der Waals surface area contributed by atoms with Gasteiger partial charge in [-0.2, -0.15) is 0 Å². The Hall–Kier alpha value is -1.34. The van der Waals surface area contributed by atoms with Gasteiger partial charge in [0.05, 0.1) is 17.6 Å². The molecule has 1 rings (SSSR count). The van der Waals surface area contributed by atoms with Crippen molar-refractivity contribution in [1.29, 1.82) is 0 Å². The summed E-state index contributed by atoms with van der Waals surface area (Å²) in [5.41, 5.74) is 7.05. The van der Waals surface area contributed by atoms with Gasteiger partial charge in [-0.05, 0) is 18.6 Å². The van der Waals surface area contributed by atoms with E-state index in [2.05, 4.69) is 15.0 Å². The lowest BCUT2D eigenvalue weighted by molar-refractivity contribution is 0.584. The van der Waals surface area contributed by atoms with Crippen molar-refractivity contribution in [2.45, 2.75) is 13.8 Å². The number of nitrogens with zero attached hydrogens (tertiary/aromatic N) is 1. The first-order valence-electron chi connectivity index (χ1n) is 5.38. The second-order valence-electron chi connectivity index (χ2n) is 3.68. The van der Waals surface area contributed by atoms with Crippen LogP contribution in [0.25, 0.3) is 0 Å². The Morgan fingerprint density at radius 2 is 2.18 bits per heavy atom. The molecule has 0 radical (unpaired) electrons. The first-order chi connectivity index (χ1) is 7.94. The van der Waals surface area contributed by atoms with Crippen LogP contribution < -0.4 is 15.8 Å². The molecule has 1 aromatic rings. The highest BCUT2D eigenvalue weighted by Crippen LogP contribution is 2.13. The summed E-state index contributed by atoms with van der Waals surface area (Å²) < 4.78 is 25.2. The van der Waals surface area contributed by atoms with Crippen molar-refractivity contribution in [3.05, 3.63) is 17.8 Å². The van der Waals surface area contributed by atoms with Crippen LogP contribution in [0.3, 0.4) is 0 Å². The van der Waals surface area contributed by atoms with Gasteiger partial charge in [0.1, 0.15) is 5.82 Å². The number of aromatic nitrogens is 1. The molecule has 0 saturated heterocycles. The van der Waals surface area contributed by atoms with Crippen LogP contribution in [0.15, 0.2) is 12.3 Å². The van der Waals surface area contributed by atoms with E-state index in [1.807, 2.05) is 6.92 Å². The highest BCUT2D eigenvalue weighted by atomic mass is 32.2. The summed E-state index contributed by atoms with van der Waals surface area (Å²) in [6.45, 7) is 4.33. The van der Waals surface area contributed by atoms with E-state index >= 15 is 0 Å². The Morgan fingerprint density at radius 1 is 1.47 bits per heavy atom. The maximum absolute atomic E-state index is 11.4. The first kappa shape index (κ1) is 13.7. The zero-order valence-electron chi connectivity index (χ0n) is 10.0. The summed E-state index contributed by atoms with van der Waals surface area (Å²) in [4.78, 5) is 4.09. The molecule has 17 heavy (non-hydrogen) atoms. The quantitative estimate of drug-likeness (QED) is 0.683. The van der Waals surface area contributed by atoms with Crippen LogP contribution in [0.1, 0.15) is 12.5 Å². The van der Waals surface area contributed by atoms with Gasteiger partial charge < -0.3 is 11.1 Å². The normalized spacial score (nSPS) is 11.4. The van der Waals surface area contributed by atoms with Gasteiger partial charge in [-0.25, -0.2) is 18.1 Å². The van der Waals surface area contributed by atoms with Crippen molar-refractivity contribution < 1.29 is 8.42 Å². The van der Waals surface area contributed by atoms with Crippen molar-refractivity contribution in [3.8, 4) is 0 Å². The van der Waals surface area contributed by atoms with Gasteiger partial charge in [-0.1, -0.05) is 6.92 Å². The Balaban J connectivity index is 2.51. The zero-order chi connectivity index (χ0) is 12.9. The molecule has 6 nitrogen and oxygen atoms in total. The third-order valence-electron chi connectivity index (χ3n) is 2.13. The van der Waals surface area contributed by atoms with Crippen LogP contribution in [-0.4, -0.2) is 32.2 Å². The van der Waals surface area contributed by atoms with Gasteiger partial charge in [0.25, 0.3) is 0 Å². The van der Waals surface area contributed by atoms with E-state index in [1.54, 1.807) is 13.0 Å². The predicted molar refractivity (Wildman–Crippen MR) is 69.3 cm³/mol. The lowest BCUT2D eigenvalue weighted by atomic mass is 10.2. The summed E-state index contributed by atoms with van der Waals surface area (Å²) in [5.74, 6) is 0.678. The molecule has 0 aliphatic heterocycles. The SMILES string of the molecule is CCNS(=O)(=O)CCNc1ncc(N)cc1C. The van der Waals surface area contributed by atoms with E-state index in [0.29, 0.717) is 24.6 Å². The molecule has 0 spiro atoms. The highest BCUT2D eigenvalue weighted by molar-refractivity contribution is 7.89. The van der Waals surface area contributed by atoms with Gasteiger partial charge in [0, 0.05) is 13.1 Å². The lowest BCUT2D eigenvalue weighted by Gasteiger charge is -2.09. The molecule has 0 aromatic carbocycles. The summed E-state index contributed by atoms with van der Waals surface area (Å²) in [5, 5.41) is 2.97. The Kier molecular flexibility index (Phi) is 4.71. The molecule has 1 aromatic heterocycles. The van der Waals surface area contributed by atoms with E-state index < -0.39 is 10.0 Å². The largest absolute Gasteiger partial charge is 0.397 e. The topological polar surface area (TPSA) is 97.1 Å². The van der Waals surface area contributed by atoms with E-state index in [-0.39, 0.29) is 5.75 Å². The molecule has 96 valence electrons. The molecule has 0 unspecified atom stereocenters. The Morgan fingerprint density at radius 3 is 2.76 bits per heavy atom. The summed E-state index contributed by atoms with van der Waals surface area (Å²) in [6, 6.07) is 1.79. The lowest BCUT2D eigenvalue weighted by Crippen LogP contribution is -2.29. The maximum atomic E-state index is 11.4. The van der Waals surface area contributed by atoms with Crippen molar-refractivity contribution >= 4 is 21.5 Å². The number of nitrogens with two attached hydrogens (primary N) is 1. The Bertz CT molecular complexity index is 473. The molecule has 4 N–H and O–H groups in total. The third-order valence-corrected chi connectivity index (χ3v) is 3.60. The molecule has 0 aliphatic carbocycles. The van der Waals surface area contributed by atoms with Crippen LogP contribution in [0.5, 0.6) is 0 Å². The number of pyridine rings is 1. The van der Waals surface area contributed by atoms with Gasteiger partial charge in [0.2, 0.25) is 10.0 Å². The first-order valence-corrected chi connectivity index (χ1v) is 7.03. The molecule has 0 aliphatic rings. The van der Waals surface area contributed by atoms with Crippen molar-refractivity contribution in [3.63, 3.8) is 0 Å². The summed E-state index contributed by atoms with van der Waals surface area (Å²) in [6.07, 6.45) is 1.54. The number of hydrogen-bond donors (Lipinski definition) is 3. The third kappa shape index (κ3) is 4.58. The molecule has 0 saturated carbocycles. The average molecular weight is 258 g/mol. The molecule has 0 amide bonds. The average Bonchev–Trinajstić information content (AvgIpc) is 2.21. The predicted octanol–water partition coefficient (Wildman–Crippen LogP) is 0.323. The minimum atomic E-state index is -3.19. The monoisotopic (exact) mass is 258 g/mol. The minimum Gasteiger partial charge on any atom is -0.397 e. The van der Waals surface area contributed by atoms with Gasteiger partial charge in [-0.3, -0.25) is 0 Å². The van der Waals surface area contributed by atoms with E-state index in [0.717, 1.165) is 5.56 Å². The van der Waals surface area contributed by atoms with Crippen molar-refractivity contribution in [1.82, 2.24) is 9.71 Å². The highest BCUT2D eigenvalue weighted by Gasteiger charge is 2.08. The number of rotatable bonds is 6. The maximum Gasteiger partial charge on any atom is 0.213 e. The fraction of sp³-hybridized carbons (Fsp3) is 0.500. The number of nitrogen functional groups attached to an aromatic ring is 1. The van der Waals surface area contributed by atoms with E-state index in [1.165, 1.54) is 6.20 Å². The van der Waals surface area contributed by atoms with Crippen molar-refractivity contribution in [2.75, 3.05) is 29.9 Å². The molecular weight excluding hydrogens is 240 g/mol. The second kappa shape index (κ2) is 5.83. The number of aryl methyl sites for hydroxylation is 1. The number of hydrogen-bond acceptors (Lipinski definition) is 5. The molecule has 1 heterocycles. The van der Waals surface area contributed by atoms with Crippen molar-refractivity contribution in [2.24, 2.45) is 0 Å². The zero-order valence-corrected chi connectivity index (χ0v) is 10.8. The van der Waals surface area contributed by atoms with Crippen LogP contribution in [0, 0.1) is 6.92 Å². The number of anilines is 2. The fourth-order valence-corrected chi connectivity index (χ4v) is 2.33. The smallest absolute Gasteiger partial charge is 0.213 e. The summed E-state index contributed by atoms with van der Waals surface area (Å²) >= 11 is 0. The standard InChI is InChI=1S/C10H18N4O2S/c1-3-14-17(15,16)5-4-12-10-8(2)6-9(11)7-13-10/h6-7,14H,3-5,11H2,1-2H3,(H,12,13). The number of sulfonamides is 1. The van der Waals surface area contributed by atoms with Gasteiger partial charge >= 0.3 is 0 Å². The minimum absolute atomic E-state index is 0.0202. The molecule has 0 bridgehead atoms. The fourth-order valence-electron chi connectivity index (χ4n) is 1.38. The second-order valence-corrected chi connectivity index (χ2v) is 5.60. The molecular formula is C10H18N4O2S. The Labute approximate surface area is 102 Å². The van der Waals surface area contributed by atoms with Crippen LogP contribution in [0.2, 0.25) is 0 Å². The van der Waals surface area contributed by atoms with Gasteiger partial charge in [0.15, 0.2) is 0 Å². The van der Waals surface area contributed by atoms with Crippen LogP contribution >= 0.6 is 0 Å². The molecule has 0 fully saturated rings. The molecule has 7 heteroatoms. The van der Waals surface area contributed by atoms with Crippen LogP contribution in [0.4, 0.5) is 11.5 Å². The summed E-state index contributed by atoms with van der Waals surface area (Å²) in [7, 11) is -3.19.